The van der Waals surface area contributed by atoms with Crippen molar-refractivity contribution in [2.45, 2.75) is 51.2 Å². The highest BCUT2D eigenvalue weighted by Gasteiger charge is 2.35. The minimum Gasteiger partial charge on any atom is -0.383 e. The first-order chi connectivity index (χ1) is 9.99. The molecular weight excluding hydrogens is 334 g/mol. The second kappa shape index (κ2) is 6.75. The van der Waals surface area contributed by atoms with Crippen LogP contribution in [0.1, 0.15) is 49.9 Å². The second-order valence-electron chi connectivity index (χ2n) is 5.49. The Labute approximate surface area is 133 Å². The molecule has 0 saturated carbocycles. The number of hydrogen-bond donors (Lipinski definition) is 2. The number of halogens is 1. The van der Waals surface area contributed by atoms with E-state index >= 15 is 0 Å². The summed E-state index contributed by atoms with van der Waals surface area (Å²) in [6.07, 6.45) is 5.16. The number of anilines is 1. The fourth-order valence-electron chi connectivity index (χ4n) is 2.79. The molecule has 1 fully saturated rings. The van der Waals surface area contributed by atoms with E-state index in [1.54, 1.807) is 12.3 Å². The number of pyridine rings is 1. The molecule has 0 aliphatic carbocycles. The predicted molar refractivity (Wildman–Crippen MR) is 86.1 cm³/mol. The smallest absolute Gasteiger partial charge is 0.255 e. The molecule has 1 aliphatic rings. The predicted octanol–water partition coefficient (Wildman–Crippen LogP) is 2.89. The molecule has 1 aliphatic heterocycles. The van der Waals surface area contributed by atoms with E-state index in [1.165, 1.54) is 0 Å². The molecule has 1 atom stereocenters. The zero-order valence-corrected chi connectivity index (χ0v) is 14.1. The van der Waals surface area contributed by atoms with Crippen molar-refractivity contribution < 1.29 is 9.53 Å². The zero-order chi connectivity index (χ0) is 15.5. The van der Waals surface area contributed by atoms with Crippen molar-refractivity contribution in [2.24, 2.45) is 0 Å². The van der Waals surface area contributed by atoms with Gasteiger partial charge in [0, 0.05) is 23.3 Å². The normalized spacial score (nSPS) is 21.0. The number of carbonyl (C=O) groups is 1. The molecule has 116 valence electrons. The number of amides is 1. The van der Waals surface area contributed by atoms with Gasteiger partial charge in [-0.25, -0.2) is 4.98 Å². The Morgan fingerprint density at radius 2 is 2.29 bits per heavy atom. The lowest BCUT2D eigenvalue weighted by Crippen LogP contribution is -2.48. The van der Waals surface area contributed by atoms with Crippen molar-refractivity contribution in [3.63, 3.8) is 0 Å². The maximum Gasteiger partial charge on any atom is 0.255 e. The number of aromatic nitrogens is 1. The Hall–Kier alpha value is -1.14. The molecule has 1 amide bonds. The highest BCUT2D eigenvalue weighted by atomic mass is 79.9. The average molecular weight is 356 g/mol. The molecule has 2 heterocycles. The van der Waals surface area contributed by atoms with Gasteiger partial charge in [-0.15, -0.1) is 0 Å². The minimum absolute atomic E-state index is 0.114. The van der Waals surface area contributed by atoms with Gasteiger partial charge in [0.05, 0.1) is 11.2 Å². The van der Waals surface area contributed by atoms with Crippen LogP contribution >= 0.6 is 15.9 Å². The Morgan fingerprint density at radius 3 is 2.95 bits per heavy atom. The molecule has 0 radical (unpaired) electrons. The van der Waals surface area contributed by atoms with Crippen LogP contribution in [0, 0.1) is 0 Å². The van der Waals surface area contributed by atoms with Crippen molar-refractivity contribution in [1.29, 1.82) is 0 Å². The summed E-state index contributed by atoms with van der Waals surface area (Å²) >= 11 is 3.31. The first-order valence-electron chi connectivity index (χ1n) is 7.35. The molecule has 1 aromatic rings. The van der Waals surface area contributed by atoms with E-state index in [2.05, 4.69) is 40.1 Å². The van der Waals surface area contributed by atoms with E-state index in [9.17, 15) is 4.79 Å². The fourth-order valence-corrected chi connectivity index (χ4v) is 3.12. The molecule has 6 heteroatoms. The Balaban J connectivity index is 2.07. The van der Waals surface area contributed by atoms with Crippen LogP contribution in [0.3, 0.4) is 0 Å². The van der Waals surface area contributed by atoms with Gasteiger partial charge in [0.2, 0.25) is 0 Å². The summed E-state index contributed by atoms with van der Waals surface area (Å²) < 4.78 is 6.67. The Morgan fingerprint density at radius 1 is 1.57 bits per heavy atom. The summed E-state index contributed by atoms with van der Waals surface area (Å²) in [6.45, 7) is 4.94. The van der Waals surface area contributed by atoms with Crippen LogP contribution in [-0.2, 0) is 4.74 Å². The summed E-state index contributed by atoms with van der Waals surface area (Å²) in [7, 11) is 0. The lowest BCUT2D eigenvalue weighted by molar-refractivity contribution is -0.0917. The number of ether oxygens (including phenoxy) is 1. The standard InChI is InChI=1S/C15H22BrN3O2/c1-3-15(4-2)8-11(5-6-21-15)19-14(20)12-7-10(16)9-18-13(12)17/h7,9,11H,3-6,8H2,1-2H3,(H2,17,18)(H,19,20). The van der Waals surface area contributed by atoms with Gasteiger partial charge in [-0.05, 0) is 47.7 Å². The Kier molecular flexibility index (Phi) is 5.22. The number of nitrogens with zero attached hydrogens (tertiary/aromatic N) is 1. The summed E-state index contributed by atoms with van der Waals surface area (Å²) in [5.74, 6) is 0.0781. The van der Waals surface area contributed by atoms with Crippen molar-refractivity contribution in [3.05, 3.63) is 22.3 Å². The SMILES string of the molecule is CCC1(CC)CC(NC(=O)c2cc(Br)cnc2N)CCO1. The molecule has 5 nitrogen and oxygen atoms in total. The van der Waals surface area contributed by atoms with Crippen LogP contribution in [0.15, 0.2) is 16.7 Å². The fraction of sp³-hybridized carbons (Fsp3) is 0.600. The van der Waals surface area contributed by atoms with Crippen LogP contribution in [0.25, 0.3) is 0 Å². The van der Waals surface area contributed by atoms with Gasteiger partial charge in [-0.1, -0.05) is 13.8 Å². The number of rotatable bonds is 4. The van der Waals surface area contributed by atoms with Gasteiger partial charge in [-0.2, -0.15) is 0 Å². The summed E-state index contributed by atoms with van der Waals surface area (Å²) in [5.41, 5.74) is 6.08. The quantitative estimate of drug-likeness (QED) is 0.870. The van der Waals surface area contributed by atoms with Crippen molar-refractivity contribution >= 4 is 27.7 Å². The van der Waals surface area contributed by atoms with Crippen molar-refractivity contribution in [1.82, 2.24) is 10.3 Å². The highest BCUT2D eigenvalue weighted by molar-refractivity contribution is 9.10. The maximum atomic E-state index is 12.4. The second-order valence-corrected chi connectivity index (χ2v) is 6.40. The van der Waals surface area contributed by atoms with E-state index in [0.717, 1.165) is 30.2 Å². The van der Waals surface area contributed by atoms with Gasteiger partial charge >= 0.3 is 0 Å². The van der Waals surface area contributed by atoms with Crippen LogP contribution in [0.5, 0.6) is 0 Å². The third-order valence-corrected chi connectivity index (χ3v) is 4.68. The molecule has 2 rings (SSSR count). The number of hydrogen-bond acceptors (Lipinski definition) is 4. The van der Waals surface area contributed by atoms with Crippen LogP contribution in [0.4, 0.5) is 5.82 Å². The molecule has 0 aromatic carbocycles. The van der Waals surface area contributed by atoms with Gasteiger partial charge in [0.15, 0.2) is 0 Å². The van der Waals surface area contributed by atoms with E-state index in [-0.39, 0.29) is 23.4 Å². The number of nitrogens with one attached hydrogen (secondary N) is 1. The monoisotopic (exact) mass is 355 g/mol. The molecule has 0 bridgehead atoms. The summed E-state index contributed by atoms with van der Waals surface area (Å²) in [6, 6.07) is 1.81. The summed E-state index contributed by atoms with van der Waals surface area (Å²) in [4.78, 5) is 16.4. The topological polar surface area (TPSA) is 77.2 Å². The molecule has 3 N–H and O–H groups in total. The molecular formula is C15H22BrN3O2. The molecule has 1 saturated heterocycles. The number of nitrogens with two attached hydrogens (primary N) is 1. The van der Waals surface area contributed by atoms with Gasteiger partial charge in [0.25, 0.3) is 5.91 Å². The van der Waals surface area contributed by atoms with E-state index in [0.29, 0.717) is 12.2 Å². The largest absolute Gasteiger partial charge is 0.383 e. The third kappa shape index (κ3) is 3.74. The van der Waals surface area contributed by atoms with E-state index in [1.807, 2.05) is 0 Å². The molecule has 0 spiro atoms. The van der Waals surface area contributed by atoms with Crippen molar-refractivity contribution in [2.75, 3.05) is 12.3 Å². The molecule has 21 heavy (non-hydrogen) atoms. The molecule has 1 aromatic heterocycles. The summed E-state index contributed by atoms with van der Waals surface area (Å²) in [5, 5.41) is 3.07. The average Bonchev–Trinajstić information content (AvgIpc) is 2.49. The van der Waals surface area contributed by atoms with Crippen LogP contribution in [0.2, 0.25) is 0 Å². The first kappa shape index (κ1) is 16.2. The van der Waals surface area contributed by atoms with E-state index < -0.39 is 0 Å². The van der Waals surface area contributed by atoms with Gasteiger partial charge in [0.1, 0.15) is 5.82 Å². The minimum atomic E-state index is -0.172. The van der Waals surface area contributed by atoms with Crippen molar-refractivity contribution in [3.8, 4) is 0 Å². The Bertz CT molecular complexity index is 518. The lowest BCUT2D eigenvalue weighted by Gasteiger charge is -2.40. The lowest BCUT2D eigenvalue weighted by atomic mass is 9.86. The highest BCUT2D eigenvalue weighted by Crippen LogP contribution is 2.31. The van der Waals surface area contributed by atoms with Gasteiger partial charge < -0.3 is 15.8 Å². The number of carbonyl (C=O) groups excluding carboxylic acids is 1. The van der Waals surface area contributed by atoms with E-state index in [4.69, 9.17) is 10.5 Å². The zero-order valence-electron chi connectivity index (χ0n) is 12.5. The van der Waals surface area contributed by atoms with Crippen LogP contribution < -0.4 is 11.1 Å². The number of nitrogen functional groups attached to an aromatic ring is 1. The third-order valence-electron chi connectivity index (χ3n) is 4.25. The molecule has 1 unspecified atom stereocenters. The van der Waals surface area contributed by atoms with Gasteiger partial charge in [-0.3, -0.25) is 4.79 Å². The first-order valence-corrected chi connectivity index (χ1v) is 8.15. The van der Waals surface area contributed by atoms with Crippen LogP contribution in [-0.4, -0.2) is 29.1 Å². The maximum absolute atomic E-state index is 12.4.